The molecule has 0 radical (unpaired) electrons. The zero-order valence-corrected chi connectivity index (χ0v) is 12.9. The molecule has 0 bridgehead atoms. The number of nitro benzene ring substituents is 1. The summed E-state index contributed by atoms with van der Waals surface area (Å²) < 4.78 is 13.2. The highest BCUT2D eigenvalue weighted by Crippen LogP contribution is 2.21. The molecule has 0 unspecified atom stereocenters. The number of nitrogens with zero attached hydrogens (tertiary/aromatic N) is 3. The number of halogens is 1. The van der Waals surface area contributed by atoms with Gasteiger partial charge in [-0.25, -0.2) is 4.39 Å². The van der Waals surface area contributed by atoms with E-state index < -0.39 is 10.7 Å². The lowest BCUT2D eigenvalue weighted by Crippen LogP contribution is -2.48. The molecule has 3 rings (SSSR count). The van der Waals surface area contributed by atoms with Crippen molar-refractivity contribution in [2.75, 3.05) is 31.1 Å². The van der Waals surface area contributed by atoms with Crippen molar-refractivity contribution in [2.24, 2.45) is 0 Å². The summed E-state index contributed by atoms with van der Waals surface area (Å²) in [5.74, 6) is -0.608. The Labute approximate surface area is 138 Å². The van der Waals surface area contributed by atoms with Gasteiger partial charge >= 0.3 is 0 Å². The number of carbonyl (C=O) groups excluding carboxylic acids is 1. The second-order valence-corrected chi connectivity index (χ2v) is 5.56. The van der Waals surface area contributed by atoms with E-state index in [0.29, 0.717) is 31.7 Å². The molecule has 1 aliphatic heterocycles. The number of rotatable bonds is 3. The molecule has 124 valence electrons. The van der Waals surface area contributed by atoms with Crippen LogP contribution < -0.4 is 4.90 Å². The predicted molar refractivity (Wildman–Crippen MR) is 87.6 cm³/mol. The van der Waals surface area contributed by atoms with E-state index in [-0.39, 0.29) is 11.6 Å². The zero-order chi connectivity index (χ0) is 17.1. The molecule has 2 aromatic carbocycles. The van der Waals surface area contributed by atoms with E-state index in [0.717, 1.165) is 5.69 Å². The number of piperazine rings is 1. The first kappa shape index (κ1) is 15.9. The van der Waals surface area contributed by atoms with Gasteiger partial charge in [0.05, 0.1) is 4.92 Å². The molecular formula is C17H16FN3O3. The summed E-state index contributed by atoms with van der Waals surface area (Å²) in [6.45, 7) is 2.29. The highest BCUT2D eigenvalue weighted by atomic mass is 19.1. The molecule has 0 aliphatic carbocycles. The van der Waals surface area contributed by atoms with Gasteiger partial charge < -0.3 is 9.80 Å². The number of benzene rings is 2. The van der Waals surface area contributed by atoms with Crippen molar-refractivity contribution in [1.29, 1.82) is 0 Å². The third-order valence-electron chi connectivity index (χ3n) is 4.06. The van der Waals surface area contributed by atoms with Crippen molar-refractivity contribution in [3.05, 3.63) is 70.0 Å². The maximum atomic E-state index is 13.2. The fraction of sp³-hybridized carbons (Fsp3) is 0.235. The van der Waals surface area contributed by atoms with E-state index in [9.17, 15) is 19.3 Å². The van der Waals surface area contributed by atoms with Crippen molar-refractivity contribution in [3.8, 4) is 0 Å². The van der Waals surface area contributed by atoms with Gasteiger partial charge in [0, 0.05) is 49.6 Å². The first-order chi connectivity index (χ1) is 11.5. The monoisotopic (exact) mass is 329 g/mol. The summed E-state index contributed by atoms with van der Waals surface area (Å²) in [5.41, 5.74) is 1.29. The van der Waals surface area contributed by atoms with Crippen molar-refractivity contribution in [2.45, 2.75) is 0 Å². The highest BCUT2D eigenvalue weighted by Gasteiger charge is 2.22. The fourth-order valence-electron chi connectivity index (χ4n) is 2.76. The topological polar surface area (TPSA) is 66.7 Å². The number of hydrogen-bond acceptors (Lipinski definition) is 4. The van der Waals surface area contributed by atoms with Gasteiger partial charge in [0.1, 0.15) is 5.82 Å². The number of non-ortho nitro benzene ring substituents is 1. The molecule has 6 nitrogen and oxygen atoms in total. The van der Waals surface area contributed by atoms with Gasteiger partial charge in [0.2, 0.25) is 0 Å². The Morgan fingerprint density at radius 1 is 1.04 bits per heavy atom. The Balaban J connectivity index is 1.63. The van der Waals surface area contributed by atoms with Crippen molar-refractivity contribution < 1.29 is 14.1 Å². The SMILES string of the molecule is O=C(c1cccc(F)c1)N1CCN(c2ccc([N+](=O)[O-])cc2)CC1. The summed E-state index contributed by atoms with van der Waals surface area (Å²) in [6.07, 6.45) is 0. The first-order valence-electron chi connectivity index (χ1n) is 7.59. The Hall–Kier alpha value is -2.96. The van der Waals surface area contributed by atoms with Crippen LogP contribution in [-0.2, 0) is 0 Å². The number of nitro groups is 1. The summed E-state index contributed by atoms with van der Waals surface area (Å²) >= 11 is 0. The average Bonchev–Trinajstić information content (AvgIpc) is 2.61. The molecule has 1 fully saturated rings. The second-order valence-electron chi connectivity index (χ2n) is 5.56. The van der Waals surface area contributed by atoms with Gasteiger partial charge in [0.15, 0.2) is 0 Å². The lowest BCUT2D eigenvalue weighted by atomic mass is 10.1. The van der Waals surface area contributed by atoms with Crippen LogP contribution in [-0.4, -0.2) is 41.9 Å². The zero-order valence-electron chi connectivity index (χ0n) is 12.9. The Kier molecular flexibility index (Phi) is 4.41. The molecule has 24 heavy (non-hydrogen) atoms. The summed E-state index contributed by atoms with van der Waals surface area (Å²) in [6, 6.07) is 12.0. The number of carbonyl (C=O) groups is 1. The van der Waals surface area contributed by atoms with Crippen LogP contribution in [0, 0.1) is 15.9 Å². The van der Waals surface area contributed by atoms with Gasteiger partial charge in [-0.05, 0) is 30.3 Å². The second kappa shape index (κ2) is 6.66. The molecule has 0 aromatic heterocycles. The maximum Gasteiger partial charge on any atom is 0.269 e. The molecule has 1 saturated heterocycles. The Morgan fingerprint density at radius 3 is 2.29 bits per heavy atom. The van der Waals surface area contributed by atoms with E-state index in [1.807, 2.05) is 0 Å². The lowest BCUT2D eigenvalue weighted by molar-refractivity contribution is -0.384. The molecule has 0 N–H and O–H groups in total. The van der Waals surface area contributed by atoms with Crippen LogP contribution in [0.4, 0.5) is 15.8 Å². The highest BCUT2D eigenvalue weighted by molar-refractivity contribution is 5.94. The first-order valence-corrected chi connectivity index (χ1v) is 7.59. The number of anilines is 1. The van der Waals surface area contributed by atoms with Crippen LogP contribution in [0.1, 0.15) is 10.4 Å². The molecule has 1 amide bonds. The lowest BCUT2D eigenvalue weighted by Gasteiger charge is -2.36. The molecule has 0 saturated carbocycles. The quantitative estimate of drug-likeness (QED) is 0.641. The van der Waals surface area contributed by atoms with Gasteiger partial charge in [-0.3, -0.25) is 14.9 Å². The molecule has 0 atom stereocenters. The van der Waals surface area contributed by atoms with Crippen molar-refractivity contribution in [1.82, 2.24) is 4.90 Å². The van der Waals surface area contributed by atoms with Gasteiger partial charge in [-0.1, -0.05) is 6.07 Å². The summed E-state index contributed by atoms with van der Waals surface area (Å²) in [5, 5.41) is 10.7. The maximum absolute atomic E-state index is 13.2. The number of hydrogen-bond donors (Lipinski definition) is 0. The Bertz CT molecular complexity index is 756. The van der Waals surface area contributed by atoms with E-state index in [1.54, 1.807) is 23.1 Å². The standard InChI is InChI=1S/C17H16FN3O3/c18-14-3-1-2-13(12-14)17(22)20-10-8-19(9-11-20)15-4-6-16(7-5-15)21(23)24/h1-7,12H,8-11H2. The molecule has 1 heterocycles. The van der Waals surface area contributed by atoms with Crippen molar-refractivity contribution >= 4 is 17.3 Å². The average molecular weight is 329 g/mol. The van der Waals surface area contributed by atoms with Gasteiger partial charge in [-0.2, -0.15) is 0 Å². The van der Waals surface area contributed by atoms with Crippen LogP contribution in [0.2, 0.25) is 0 Å². The van der Waals surface area contributed by atoms with E-state index >= 15 is 0 Å². The molecular weight excluding hydrogens is 313 g/mol. The van der Waals surface area contributed by atoms with Crippen LogP contribution >= 0.6 is 0 Å². The minimum Gasteiger partial charge on any atom is -0.368 e. The minimum absolute atomic E-state index is 0.0543. The molecule has 2 aromatic rings. The van der Waals surface area contributed by atoms with Gasteiger partial charge in [0.25, 0.3) is 11.6 Å². The van der Waals surface area contributed by atoms with E-state index in [2.05, 4.69) is 4.90 Å². The van der Waals surface area contributed by atoms with Crippen molar-refractivity contribution in [3.63, 3.8) is 0 Å². The van der Waals surface area contributed by atoms with E-state index in [4.69, 9.17) is 0 Å². The molecule has 0 spiro atoms. The van der Waals surface area contributed by atoms with E-state index in [1.165, 1.54) is 30.3 Å². The minimum atomic E-state index is -0.431. The largest absolute Gasteiger partial charge is 0.368 e. The summed E-state index contributed by atoms with van der Waals surface area (Å²) in [4.78, 5) is 26.4. The predicted octanol–water partition coefficient (Wildman–Crippen LogP) is 2.70. The molecule has 1 aliphatic rings. The van der Waals surface area contributed by atoms with Crippen LogP contribution in [0.25, 0.3) is 0 Å². The number of amides is 1. The van der Waals surface area contributed by atoms with Crippen LogP contribution in [0.3, 0.4) is 0 Å². The summed E-state index contributed by atoms with van der Waals surface area (Å²) in [7, 11) is 0. The van der Waals surface area contributed by atoms with Crippen LogP contribution in [0.15, 0.2) is 48.5 Å². The molecule has 7 heteroatoms. The third-order valence-corrected chi connectivity index (χ3v) is 4.06. The smallest absolute Gasteiger partial charge is 0.269 e. The fourth-order valence-corrected chi connectivity index (χ4v) is 2.76. The normalized spacial score (nSPS) is 14.5. The third kappa shape index (κ3) is 3.34. The van der Waals surface area contributed by atoms with Gasteiger partial charge in [-0.15, -0.1) is 0 Å². The van der Waals surface area contributed by atoms with Crippen LogP contribution in [0.5, 0.6) is 0 Å². The Morgan fingerprint density at radius 2 is 1.71 bits per heavy atom.